The number of methoxy groups -OCH3 is 1. The van der Waals surface area contributed by atoms with Crippen LogP contribution in [0.15, 0.2) is 18.2 Å². The van der Waals surface area contributed by atoms with Crippen LogP contribution in [0.2, 0.25) is 0 Å². The van der Waals surface area contributed by atoms with Crippen molar-refractivity contribution < 1.29 is 23.9 Å². The minimum atomic E-state index is -0.593. The van der Waals surface area contributed by atoms with Gasteiger partial charge < -0.3 is 30.3 Å². The van der Waals surface area contributed by atoms with Gasteiger partial charge in [-0.15, -0.1) is 12.4 Å². The van der Waals surface area contributed by atoms with E-state index in [2.05, 4.69) is 5.32 Å². The van der Waals surface area contributed by atoms with Gasteiger partial charge >= 0.3 is 0 Å². The Hall–Kier alpha value is -2.52. The number of carbonyl (C=O) groups excluding carboxylic acids is 3. The van der Waals surface area contributed by atoms with Crippen molar-refractivity contribution in [3.8, 4) is 11.5 Å². The number of rotatable bonds is 6. The third kappa shape index (κ3) is 5.51. The van der Waals surface area contributed by atoms with E-state index in [0.717, 1.165) is 19.4 Å². The Labute approximate surface area is 175 Å². The summed E-state index contributed by atoms with van der Waals surface area (Å²) in [5.74, 6) is 0.0814. The van der Waals surface area contributed by atoms with Gasteiger partial charge in [0.05, 0.1) is 13.7 Å². The summed E-state index contributed by atoms with van der Waals surface area (Å²) in [4.78, 5) is 39.7. The third-order valence-corrected chi connectivity index (χ3v) is 5.03. The first-order chi connectivity index (χ1) is 13.5. The summed E-state index contributed by atoms with van der Waals surface area (Å²) in [5.41, 5.74) is 5.56. The van der Waals surface area contributed by atoms with Crippen molar-refractivity contribution in [1.29, 1.82) is 0 Å². The number of hydrogen-bond acceptors (Lipinski definition) is 6. The molecule has 9 nitrogen and oxygen atoms in total. The van der Waals surface area contributed by atoms with Gasteiger partial charge in [0.25, 0.3) is 11.8 Å². The molecule has 0 aromatic heterocycles. The number of piperidine rings is 1. The van der Waals surface area contributed by atoms with E-state index < -0.39 is 5.91 Å². The topological polar surface area (TPSA) is 114 Å². The van der Waals surface area contributed by atoms with E-state index in [1.807, 2.05) is 4.90 Å². The van der Waals surface area contributed by atoms with Crippen LogP contribution in [0.5, 0.6) is 11.5 Å². The Kier molecular flexibility index (Phi) is 8.10. The first-order valence-corrected chi connectivity index (χ1v) is 9.38. The highest BCUT2D eigenvalue weighted by Crippen LogP contribution is 2.29. The summed E-state index contributed by atoms with van der Waals surface area (Å²) in [7, 11) is 1.47. The lowest BCUT2D eigenvalue weighted by atomic mass is 10.0. The molecule has 0 spiro atoms. The number of amides is 3. The molecule has 0 aliphatic carbocycles. The molecule has 3 amide bonds. The van der Waals surface area contributed by atoms with E-state index in [1.54, 1.807) is 23.1 Å². The Morgan fingerprint density at radius 2 is 2.07 bits per heavy atom. The van der Waals surface area contributed by atoms with Crippen LogP contribution in [0, 0.1) is 0 Å². The number of piperazine rings is 1. The number of nitrogens with zero attached hydrogens (tertiary/aromatic N) is 2. The largest absolute Gasteiger partial charge is 0.493 e. The first kappa shape index (κ1) is 22.8. The normalized spacial score (nSPS) is 19.3. The van der Waals surface area contributed by atoms with Crippen LogP contribution in [0.4, 0.5) is 0 Å². The molecule has 2 aliphatic rings. The van der Waals surface area contributed by atoms with Gasteiger partial charge in [0.1, 0.15) is 0 Å². The van der Waals surface area contributed by atoms with Gasteiger partial charge in [-0.25, -0.2) is 0 Å². The van der Waals surface area contributed by atoms with Gasteiger partial charge in [-0.05, 0) is 31.0 Å². The van der Waals surface area contributed by atoms with Crippen molar-refractivity contribution >= 4 is 30.1 Å². The lowest BCUT2D eigenvalue weighted by molar-refractivity contribution is -0.135. The summed E-state index contributed by atoms with van der Waals surface area (Å²) >= 11 is 0. The van der Waals surface area contributed by atoms with Crippen LogP contribution in [0.25, 0.3) is 0 Å². The Morgan fingerprint density at radius 3 is 2.76 bits per heavy atom. The quantitative estimate of drug-likeness (QED) is 0.662. The SMILES string of the molecule is COc1cc(C(=O)N2CCCC(N3CCNCC3=O)C2)ccc1OCC(N)=O.Cl. The molecule has 3 rings (SSSR count). The molecular formula is C19H27ClN4O5. The van der Waals surface area contributed by atoms with E-state index in [9.17, 15) is 14.4 Å². The third-order valence-electron chi connectivity index (χ3n) is 5.03. The molecule has 160 valence electrons. The standard InChI is InChI=1S/C19H26N4O5.ClH/c1-27-16-9-13(4-5-15(16)28-12-17(20)24)19(26)22-7-2-3-14(11-22)23-8-6-21-10-18(23)25;/h4-5,9,14,21H,2-3,6-8,10-12H2,1H3,(H2,20,24);1H. The number of carbonyl (C=O) groups is 3. The number of nitrogens with two attached hydrogens (primary N) is 1. The number of nitrogens with one attached hydrogen (secondary N) is 1. The molecule has 1 atom stereocenters. The van der Waals surface area contributed by atoms with E-state index >= 15 is 0 Å². The molecule has 2 saturated heterocycles. The summed E-state index contributed by atoms with van der Waals surface area (Å²) in [6, 6.07) is 4.88. The van der Waals surface area contributed by atoms with Crippen molar-refractivity contribution in [3.63, 3.8) is 0 Å². The smallest absolute Gasteiger partial charge is 0.255 e. The van der Waals surface area contributed by atoms with Crippen molar-refractivity contribution in [3.05, 3.63) is 23.8 Å². The van der Waals surface area contributed by atoms with E-state index in [-0.39, 0.29) is 36.9 Å². The zero-order chi connectivity index (χ0) is 20.1. The maximum Gasteiger partial charge on any atom is 0.255 e. The summed E-state index contributed by atoms with van der Waals surface area (Å²) in [6.45, 7) is 2.71. The number of halogens is 1. The summed E-state index contributed by atoms with van der Waals surface area (Å²) in [6.07, 6.45) is 1.75. The maximum atomic E-state index is 13.0. The second kappa shape index (κ2) is 10.3. The van der Waals surface area contributed by atoms with E-state index in [0.29, 0.717) is 43.2 Å². The van der Waals surface area contributed by atoms with Crippen LogP contribution in [0.3, 0.4) is 0 Å². The van der Waals surface area contributed by atoms with Crippen LogP contribution in [0.1, 0.15) is 23.2 Å². The molecule has 1 aromatic carbocycles. The van der Waals surface area contributed by atoms with Gasteiger partial charge in [0.2, 0.25) is 5.91 Å². The Balaban J connectivity index is 0.00000300. The molecule has 3 N–H and O–H groups in total. The molecule has 1 unspecified atom stereocenters. The lowest BCUT2D eigenvalue weighted by Gasteiger charge is -2.41. The molecule has 0 bridgehead atoms. The van der Waals surface area contributed by atoms with E-state index in [1.165, 1.54) is 7.11 Å². The van der Waals surface area contributed by atoms with Crippen LogP contribution < -0.4 is 20.5 Å². The van der Waals surface area contributed by atoms with Crippen LogP contribution in [-0.4, -0.2) is 80.0 Å². The predicted molar refractivity (Wildman–Crippen MR) is 108 cm³/mol. The first-order valence-electron chi connectivity index (χ1n) is 9.38. The molecular weight excluding hydrogens is 400 g/mol. The molecule has 10 heteroatoms. The molecule has 0 saturated carbocycles. The zero-order valence-electron chi connectivity index (χ0n) is 16.4. The summed E-state index contributed by atoms with van der Waals surface area (Å²) < 4.78 is 10.6. The molecule has 1 aromatic rings. The van der Waals surface area contributed by atoms with Gasteiger partial charge in [-0.1, -0.05) is 0 Å². The number of likely N-dealkylation sites (tertiary alicyclic amines) is 1. The fraction of sp³-hybridized carbons (Fsp3) is 0.526. The van der Waals surface area contributed by atoms with Gasteiger partial charge in [-0.2, -0.15) is 0 Å². The molecule has 0 radical (unpaired) electrons. The second-order valence-electron chi connectivity index (χ2n) is 6.93. The highest BCUT2D eigenvalue weighted by molar-refractivity contribution is 5.95. The number of primary amides is 1. The monoisotopic (exact) mass is 426 g/mol. The average molecular weight is 427 g/mol. The molecule has 29 heavy (non-hydrogen) atoms. The van der Waals surface area contributed by atoms with Crippen LogP contribution in [-0.2, 0) is 9.59 Å². The van der Waals surface area contributed by atoms with Crippen LogP contribution >= 0.6 is 12.4 Å². The van der Waals surface area contributed by atoms with Crippen molar-refractivity contribution in [2.24, 2.45) is 5.73 Å². The highest BCUT2D eigenvalue weighted by Gasteiger charge is 2.32. The lowest BCUT2D eigenvalue weighted by Crippen LogP contribution is -2.57. The van der Waals surface area contributed by atoms with Gasteiger partial charge in [0.15, 0.2) is 18.1 Å². The molecule has 2 fully saturated rings. The number of hydrogen-bond donors (Lipinski definition) is 2. The second-order valence-corrected chi connectivity index (χ2v) is 6.93. The predicted octanol–water partition coefficient (Wildman–Crippen LogP) is 0.0175. The fourth-order valence-corrected chi connectivity index (χ4v) is 3.65. The average Bonchev–Trinajstić information content (AvgIpc) is 2.72. The maximum absolute atomic E-state index is 13.0. The van der Waals surface area contributed by atoms with Gasteiger partial charge in [0, 0.05) is 37.8 Å². The van der Waals surface area contributed by atoms with Crippen molar-refractivity contribution in [2.45, 2.75) is 18.9 Å². The number of benzene rings is 1. The summed E-state index contributed by atoms with van der Waals surface area (Å²) in [5, 5.41) is 3.07. The minimum Gasteiger partial charge on any atom is -0.493 e. The zero-order valence-corrected chi connectivity index (χ0v) is 17.2. The highest BCUT2D eigenvalue weighted by atomic mass is 35.5. The molecule has 2 heterocycles. The van der Waals surface area contributed by atoms with Gasteiger partial charge in [-0.3, -0.25) is 14.4 Å². The van der Waals surface area contributed by atoms with E-state index in [4.69, 9.17) is 15.2 Å². The Bertz CT molecular complexity index is 760. The minimum absolute atomic E-state index is 0. The van der Waals surface area contributed by atoms with Crippen molar-refractivity contribution in [2.75, 3.05) is 46.4 Å². The molecule has 2 aliphatic heterocycles. The Morgan fingerprint density at radius 1 is 1.28 bits per heavy atom. The fourth-order valence-electron chi connectivity index (χ4n) is 3.65. The van der Waals surface area contributed by atoms with Crippen molar-refractivity contribution in [1.82, 2.24) is 15.1 Å². The number of ether oxygens (including phenoxy) is 2.